The third-order valence-corrected chi connectivity index (χ3v) is 6.97. The molecule has 1 saturated heterocycles. The Kier molecular flexibility index (Phi) is 13.4. The van der Waals surface area contributed by atoms with E-state index in [0.29, 0.717) is 24.2 Å². The Morgan fingerprint density at radius 3 is 2.43 bits per heavy atom. The molecule has 1 aliphatic rings. The van der Waals surface area contributed by atoms with E-state index in [1.54, 1.807) is 24.3 Å². The molecule has 0 saturated carbocycles. The summed E-state index contributed by atoms with van der Waals surface area (Å²) in [7, 11) is -2.49. The highest BCUT2D eigenvalue weighted by atomic mass is 35.5. The summed E-state index contributed by atoms with van der Waals surface area (Å²) in [4.78, 5) is 31.3. The first-order valence-corrected chi connectivity index (χ1v) is 14.7. The second-order valence-electron chi connectivity index (χ2n) is 9.09. The number of carbonyl (C=O) groups excluding carboxylic acids is 2. The first-order valence-electron chi connectivity index (χ1n) is 12.7. The number of unbranched alkanes of at least 4 members (excludes halogenated alkanes) is 1. The monoisotopic (exact) mass is 634 g/mol. The maximum atomic E-state index is 12.7. The Balaban J connectivity index is 0.000000675. The first-order chi connectivity index (χ1) is 19.7. The summed E-state index contributed by atoms with van der Waals surface area (Å²) in [6, 6.07) is 9.84. The summed E-state index contributed by atoms with van der Waals surface area (Å²) in [6.45, 7) is -0.757. The van der Waals surface area contributed by atoms with Gasteiger partial charge in [0.1, 0.15) is 18.9 Å². The second-order valence-corrected chi connectivity index (χ2v) is 11.0. The molecule has 2 amide bonds. The van der Waals surface area contributed by atoms with Crippen molar-refractivity contribution in [1.29, 1.82) is 0 Å². The van der Waals surface area contributed by atoms with E-state index in [2.05, 4.69) is 15.2 Å². The van der Waals surface area contributed by atoms with Gasteiger partial charge in [0.05, 0.1) is 15.7 Å². The minimum absolute atomic E-state index is 0.0151. The van der Waals surface area contributed by atoms with E-state index in [-0.39, 0.29) is 41.1 Å². The Morgan fingerprint density at radius 1 is 1.26 bits per heavy atom. The van der Waals surface area contributed by atoms with E-state index < -0.39 is 34.8 Å². The van der Waals surface area contributed by atoms with Crippen LogP contribution in [0, 0.1) is 0 Å². The lowest BCUT2D eigenvalue weighted by Crippen LogP contribution is -2.73. The number of nitrogens with one attached hydrogen (secondary N) is 2. The molecule has 232 valence electrons. The van der Waals surface area contributed by atoms with E-state index in [1.165, 1.54) is 18.1 Å². The standard InChI is InChI=1S/C22H23ClF2N4O5.C4H10O3S/c1-33-28-19(26)13-4-2-12(3-5-13)11-27-20(31)17-6-7-29(17)21(32)18(30)14-8-15(23)10-16(9-14)34-22(24)25;1-2-3-4-8(5,6)7/h2-5,8-10,17-18,22,30H,6-7,11H2,1H3,(H2,26,28)(H,27,31);2-4H2,1H3,(H,5,6,7). The summed E-state index contributed by atoms with van der Waals surface area (Å²) < 4.78 is 58.8. The number of likely N-dealkylation sites (tertiary alicyclic amines) is 1. The average Bonchev–Trinajstić information content (AvgIpc) is 2.89. The van der Waals surface area contributed by atoms with Crippen molar-refractivity contribution in [2.24, 2.45) is 5.73 Å². The minimum atomic E-state index is -3.94. The number of carbonyl (C=O) groups is 2. The largest absolute Gasteiger partial charge is 0.748 e. The molecule has 2 atom stereocenters. The number of aliphatic hydroxyl groups is 1. The third kappa shape index (κ3) is 11.0. The molecule has 0 aliphatic carbocycles. The molecule has 0 spiro atoms. The van der Waals surface area contributed by atoms with Crippen LogP contribution in [0.4, 0.5) is 8.78 Å². The van der Waals surface area contributed by atoms with Crippen molar-refractivity contribution in [2.45, 2.75) is 51.5 Å². The normalized spacial score (nSPS) is 15.7. The second kappa shape index (κ2) is 16.2. The highest BCUT2D eigenvalue weighted by Crippen LogP contribution is 2.29. The molecule has 2 unspecified atom stereocenters. The number of hydrogen-bond acceptors (Lipinski definition) is 8. The fourth-order valence-corrected chi connectivity index (χ4v) is 4.61. The van der Waals surface area contributed by atoms with Gasteiger partial charge in [-0.3, -0.25) is 15.3 Å². The van der Waals surface area contributed by atoms with Crippen LogP contribution in [0.2, 0.25) is 5.02 Å². The Labute approximate surface area is 247 Å². The number of hydrogen-bond donors (Lipinski definition) is 4. The van der Waals surface area contributed by atoms with Crippen LogP contribution in [0.1, 0.15) is 49.0 Å². The van der Waals surface area contributed by atoms with Gasteiger partial charge in [-0.1, -0.05) is 42.2 Å². The van der Waals surface area contributed by atoms with Gasteiger partial charge in [0.15, 0.2) is 6.10 Å². The molecule has 12 nitrogen and oxygen atoms in total. The Hall–Kier alpha value is -3.53. The zero-order chi connectivity index (χ0) is 31.4. The van der Waals surface area contributed by atoms with E-state index in [1.807, 2.05) is 6.92 Å². The Bertz CT molecular complexity index is 1350. The van der Waals surface area contributed by atoms with Crippen molar-refractivity contribution in [3.05, 3.63) is 64.2 Å². The van der Waals surface area contributed by atoms with E-state index in [9.17, 15) is 36.4 Å². The van der Waals surface area contributed by atoms with Crippen LogP contribution >= 0.6 is 11.6 Å². The molecule has 2 aromatic carbocycles. The predicted molar refractivity (Wildman–Crippen MR) is 147 cm³/mol. The fraction of sp³-hybridized carbons (Fsp3) is 0.423. The Morgan fingerprint density at radius 2 is 1.93 bits per heavy atom. The average molecular weight is 635 g/mol. The van der Waals surface area contributed by atoms with Crippen molar-refractivity contribution in [1.82, 2.24) is 10.2 Å². The van der Waals surface area contributed by atoms with Crippen molar-refractivity contribution in [3.63, 3.8) is 0 Å². The van der Waals surface area contributed by atoms with Crippen LogP contribution in [0.3, 0.4) is 0 Å². The molecule has 1 aliphatic heterocycles. The van der Waals surface area contributed by atoms with Crippen LogP contribution in [-0.4, -0.2) is 72.7 Å². The summed E-state index contributed by atoms with van der Waals surface area (Å²) in [6.07, 6.45) is -0.0377. The molecule has 0 bridgehead atoms. The molecule has 5 N–H and O–H groups in total. The number of benzene rings is 2. The van der Waals surface area contributed by atoms with E-state index >= 15 is 0 Å². The number of rotatable bonds is 12. The zero-order valence-corrected chi connectivity index (χ0v) is 24.5. The number of amidine groups is 1. The summed E-state index contributed by atoms with van der Waals surface area (Å²) in [5.41, 5.74) is 7.30. The quantitative estimate of drug-likeness (QED) is 0.112. The van der Waals surface area contributed by atoms with Crippen molar-refractivity contribution in [3.8, 4) is 5.75 Å². The van der Waals surface area contributed by atoms with Gasteiger partial charge < -0.3 is 29.5 Å². The SMILES string of the molecule is CCCCS(=O)(=O)[O-].CO/[NH+]=C(\N)c1ccc(CNC(=O)C2CCN2C(=O)C(O)c2cc(Cl)cc(OC(F)F)c2)cc1. The topological polar surface area (TPSA) is 185 Å². The van der Waals surface area contributed by atoms with Crippen molar-refractivity contribution >= 4 is 39.4 Å². The van der Waals surface area contributed by atoms with Gasteiger partial charge in [0.25, 0.3) is 5.91 Å². The van der Waals surface area contributed by atoms with Crippen LogP contribution in [0.15, 0.2) is 42.5 Å². The van der Waals surface area contributed by atoms with Crippen LogP contribution in [-0.2, 0) is 31.1 Å². The molecule has 42 heavy (non-hydrogen) atoms. The minimum Gasteiger partial charge on any atom is -0.748 e. The molecule has 0 radical (unpaired) electrons. The number of nitrogens with two attached hydrogens (primary N) is 1. The number of alkyl halides is 2. The molecular formula is C26H33ClF2N4O8S. The number of nitrogen functional groups attached to an aromatic ring is 1. The van der Waals surface area contributed by atoms with Crippen LogP contribution in [0.25, 0.3) is 0 Å². The maximum absolute atomic E-state index is 12.7. The lowest BCUT2D eigenvalue weighted by molar-refractivity contribution is -0.744. The third-order valence-electron chi connectivity index (χ3n) is 5.97. The number of halogens is 3. The molecule has 3 rings (SSSR count). The predicted octanol–water partition coefficient (Wildman–Crippen LogP) is 0.571. The van der Waals surface area contributed by atoms with E-state index in [4.69, 9.17) is 22.2 Å². The van der Waals surface area contributed by atoms with Gasteiger partial charge in [-0.2, -0.15) is 8.78 Å². The molecule has 0 aromatic heterocycles. The van der Waals surface area contributed by atoms with Gasteiger partial charge in [0.2, 0.25) is 5.91 Å². The lowest BCUT2D eigenvalue weighted by atomic mass is 9.98. The fourth-order valence-electron chi connectivity index (χ4n) is 3.74. The number of amides is 2. The zero-order valence-electron chi connectivity index (χ0n) is 22.9. The summed E-state index contributed by atoms with van der Waals surface area (Å²) >= 11 is 5.89. The van der Waals surface area contributed by atoms with Crippen molar-refractivity contribution < 1.29 is 51.2 Å². The van der Waals surface area contributed by atoms with Gasteiger partial charge in [0, 0.05) is 23.9 Å². The smallest absolute Gasteiger partial charge is 0.387 e. The van der Waals surface area contributed by atoms with E-state index in [0.717, 1.165) is 24.1 Å². The molecule has 2 aromatic rings. The van der Waals surface area contributed by atoms with Crippen LogP contribution < -0.4 is 20.9 Å². The lowest BCUT2D eigenvalue weighted by Gasteiger charge is -2.40. The summed E-state index contributed by atoms with van der Waals surface area (Å²) in [5.74, 6) is -1.28. The van der Waals surface area contributed by atoms with Gasteiger partial charge in [-0.25, -0.2) is 8.42 Å². The number of nitrogens with zero attached hydrogens (tertiary/aromatic N) is 1. The molecular weight excluding hydrogens is 602 g/mol. The highest BCUT2D eigenvalue weighted by molar-refractivity contribution is 7.85. The number of ether oxygens (including phenoxy) is 1. The first kappa shape index (κ1) is 34.7. The number of aliphatic hydroxyl groups excluding tert-OH is 1. The van der Waals surface area contributed by atoms with Crippen LogP contribution in [0.5, 0.6) is 5.75 Å². The molecule has 16 heteroatoms. The maximum Gasteiger partial charge on any atom is 0.387 e. The van der Waals surface area contributed by atoms with Gasteiger partial charge >= 0.3 is 12.4 Å². The van der Waals surface area contributed by atoms with Gasteiger partial charge in [-0.15, -0.1) is 0 Å². The van der Waals surface area contributed by atoms with Gasteiger partial charge in [-0.05, 0) is 54.3 Å². The molecule has 1 fully saturated rings. The summed E-state index contributed by atoms with van der Waals surface area (Å²) in [5, 5.41) is 15.8. The van der Waals surface area contributed by atoms with Crippen molar-refractivity contribution in [2.75, 3.05) is 19.4 Å². The molecule has 1 heterocycles. The highest BCUT2D eigenvalue weighted by Gasteiger charge is 2.40.